The Bertz CT molecular complexity index is 691. The van der Waals surface area contributed by atoms with Crippen LogP contribution < -0.4 is 0 Å². The number of nitrogens with zero attached hydrogens (tertiary/aromatic N) is 3. The van der Waals surface area contributed by atoms with Gasteiger partial charge in [0.05, 0.1) is 27.6 Å². The normalized spacial score (nSPS) is 11.2. The van der Waals surface area contributed by atoms with Crippen LogP contribution in [0.4, 0.5) is 5.69 Å². The zero-order valence-electron chi connectivity index (χ0n) is 14.4. The van der Waals surface area contributed by atoms with Crippen molar-refractivity contribution < 1.29 is 14.7 Å². The van der Waals surface area contributed by atoms with Gasteiger partial charge in [0, 0.05) is 33.8 Å². The van der Waals surface area contributed by atoms with Gasteiger partial charge in [0.15, 0.2) is 0 Å². The van der Waals surface area contributed by atoms with Gasteiger partial charge in [0.1, 0.15) is 0 Å². The molecule has 0 heterocycles. The summed E-state index contributed by atoms with van der Waals surface area (Å²) in [6, 6.07) is 1.83. The fourth-order valence-electron chi connectivity index (χ4n) is 2.02. The molecule has 0 aliphatic heterocycles. The number of aliphatic carboxylic acids is 1. The summed E-state index contributed by atoms with van der Waals surface area (Å²) in [4.78, 5) is 31.9. The number of aliphatic imine (C=N–C) groups is 1. The summed E-state index contributed by atoms with van der Waals surface area (Å²) in [5.74, 6) is -1.08. The van der Waals surface area contributed by atoms with Crippen LogP contribution in [0.2, 0.25) is 0 Å². The van der Waals surface area contributed by atoms with Crippen molar-refractivity contribution >= 4 is 91.7 Å². The van der Waals surface area contributed by atoms with Crippen LogP contribution in [0.15, 0.2) is 11.1 Å². The molecular formula is C16H20I3N3O3. The molecular weight excluding hydrogens is 663 g/mol. The van der Waals surface area contributed by atoms with Crippen molar-refractivity contribution in [2.75, 3.05) is 20.6 Å². The summed E-state index contributed by atoms with van der Waals surface area (Å²) in [5, 5.41) is 8.94. The number of hydrogen-bond acceptors (Lipinski definition) is 3. The second-order valence-electron chi connectivity index (χ2n) is 5.82. The minimum absolute atomic E-state index is 0.0763. The van der Waals surface area contributed by atoms with E-state index in [0.717, 1.165) is 16.4 Å². The number of benzene rings is 1. The Kier molecular flexibility index (Phi) is 9.36. The molecule has 0 spiro atoms. The lowest BCUT2D eigenvalue weighted by Crippen LogP contribution is -2.39. The Morgan fingerprint density at radius 1 is 1.24 bits per heavy atom. The first-order chi connectivity index (χ1) is 11.6. The van der Waals surface area contributed by atoms with E-state index in [9.17, 15) is 9.59 Å². The van der Waals surface area contributed by atoms with Gasteiger partial charge in [-0.2, -0.15) is 0 Å². The summed E-state index contributed by atoms with van der Waals surface area (Å²) >= 11 is 6.51. The third kappa shape index (κ3) is 6.48. The number of halogens is 3. The SMILES string of the molecule is CC(C)N(CCC(=O)O)C(=O)c1c(I)cc(I)c(N=CN(C)C)c1I. The Labute approximate surface area is 188 Å². The van der Waals surface area contributed by atoms with Crippen LogP contribution in [0.25, 0.3) is 0 Å². The summed E-state index contributed by atoms with van der Waals surface area (Å²) in [6.07, 6.45) is 1.62. The molecule has 0 radical (unpaired) electrons. The molecule has 1 amide bonds. The molecule has 0 saturated heterocycles. The minimum atomic E-state index is -0.915. The summed E-state index contributed by atoms with van der Waals surface area (Å²) in [6.45, 7) is 3.95. The van der Waals surface area contributed by atoms with E-state index < -0.39 is 5.97 Å². The van der Waals surface area contributed by atoms with Gasteiger partial charge in [-0.25, -0.2) is 4.99 Å². The number of carbonyl (C=O) groups is 2. The van der Waals surface area contributed by atoms with Crippen LogP contribution in [0.3, 0.4) is 0 Å². The van der Waals surface area contributed by atoms with Crippen molar-refractivity contribution in [3.8, 4) is 0 Å². The molecule has 25 heavy (non-hydrogen) atoms. The van der Waals surface area contributed by atoms with Crippen LogP contribution in [-0.2, 0) is 4.79 Å². The van der Waals surface area contributed by atoms with E-state index in [1.807, 2.05) is 38.9 Å². The van der Waals surface area contributed by atoms with E-state index in [-0.39, 0.29) is 24.9 Å². The lowest BCUT2D eigenvalue weighted by molar-refractivity contribution is -0.137. The van der Waals surface area contributed by atoms with E-state index in [4.69, 9.17) is 5.11 Å². The predicted octanol–water partition coefficient (Wildman–Crippen LogP) is 4.05. The quantitative estimate of drug-likeness (QED) is 0.268. The van der Waals surface area contributed by atoms with Gasteiger partial charge >= 0.3 is 5.97 Å². The minimum Gasteiger partial charge on any atom is -0.481 e. The van der Waals surface area contributed by atoms with Crippen molar-refractivity contribution in [2.24, 2.45) is 4.99 Å². The maximum atomic E-state index is 13.1. The van der Waals surface area contributed by atoms with Gasteiger partial charge in [-0.3, -0.25) is 9.59 Å². The zero-order chi connectivity index (χ0) is 19.3. The average Bonchev–Trinajstić information content (AvgIpc) is 2.45. The highest BCUT2D eigenvalue weighted by Crippen LogP contribution is 2.34. The first-order valence-corrected chi connectivity index (χ1v) is 10.7. The molecule has 0 bridgehead atoms. The van der Waals surface area contributed by atoms with Gasteiger partial charge < -0.3 is 14.9 Å². The van der Waals surface area contributed by atoms with Crippen LogP contribution in [-0.4, -0.2) is 59.8 Å². The number of carbonyl (C=O) groups excluding carboxylic acids is 1. The molecule has 1 aromatic rings. The van der Waals surface area contributed by atoms with E-state index >= 15 is 0 Å². The van der Waals surface area contributed by atoms with Crippen molar-refractivity contribution in [1.29, 1.82) is 0 Å². The van der Waals surface area contributed by atoms with Crippen molar-refractivity contribution in [2.45, 2.75) is 26.3 Å². The Morgan fingerprint density at radius 3 is 2.32 bits per heavy atom. The molecule has 0 aliphatic carbocycles. The molecule has 1 aromatic carbocycles. The van der Waals surface area contributed by atoms with Crippen LogP contribution in [0.1, 0.15) is 30.6 Å². The number of rotatable bonds is 7. The molecule has 0 unspecified atom stereocenters. The maximum absolute atomic E-state index is 13.1. The molecule has 0 fully saturated rings. The van der Waals surface area contributed by atoms with Gasteiger partial charge in [-0.15, -0.1) is 0 Å². The monoisotopic (exact) mass is 683 g/mol. The summed E-state index contributed by atoms with van der Waals surface area (Å²) < 4.78 is 2.57. The molecule has 0 saturated carbocycles. The van der Waals surface area contributed by atoms with E-state index in [1.165, 1.54) is 0 Å². The standard InChI is InChI=1S/C16H20I3N3O3/c1-9(2)22(6-5-12(23)24)16(25)13-10(17)7-11(18)15(14(13)19)20-8-21(3)4/h7-9H,5-6H2,1-4H3,(H,23,24). The molecule has 9 heteroatoms. The Morgan fingerprint density at radius 2 is 1.84 bits per heavy atom. The van der Waals surface area contributed by atoms with E-state index in [2.05, 4.69) is 72.8 Å². The summed E-state index contributed by atoms with van der Waals surface area (Å²) in [7, 11) is 3.77. The predicted molar refractivity (Wildman–Crippen MR) is 125 cm³/mol. The summed E-state index contributed by atoms with van der Waals surface area (Å²) in [5.41, 5.74) is 1.33. The second-order valence-corrected chi connectivity index (χ2v) is 9.23. The van der Waals surface area contributed by atoms with Gasteiger partial charge in [-0.1, -0.05) is 0 Å². The molecule has 0 atom stereocenters. The Hall–Kier alpha value is -0.180. The largest absolute Gasteiger partial charge is 0.481 e. The van der Waals surface area contributed by atoms with Crippen molar-refractivity contribution in [1.82, 2.24) is 9.80 Å². The van der Waals surface area contributed by atoms with Crippen LogP contribution in [0, 0.1) is 10.7 Å². The van der Waals surface area contributed by atoms with E-state index in [0.29, 0.717) is 5.56 Å². The van der Waals surface area contributed by atoms with Crippen LogP contribution in [0.5, 0.6) is 0 Å². The lowest BCUT2D eigenvalue weighted by Gasteiger charge is -2.27. The first kappa shape index (κ1) is 22.9. The molecule has 0 aliphatic rings. The number of hydrogen-bond donors (Lipinski definition) is 1. The van der Waals surface area contributed by atoms with Gasteiger partial charge in [0.25, 0.3) is 5.91 Å². The third-order valence-corrected chi connectivity index (χ3v) is 5.95. The van der Waals surface area contributed by atoms with Crippen molar-refractivity contribution in [3.05, 3.63) is 22.3 Å². The molecule has 1 N–H and O–H groups in total. The second kappa shape index (κ2) is 10.2. The lowest BCUT2D eigenvalue weighted by atomic mass is 10.1. The molecule has 6 nitrogen and oxygen atoms in total. The van der Waals surface area contributed by atoms with E-state index in [1.54, 1.807) is 11.2 Å². The average molecular weight is 683 g/mol. The van der Waals surface area contributed by atoms with Gasteiger partial charge in [-0.05, 0) is 87.7 Å². The fourth-order valence-corrected chi connectivity index (χ4v) is 6.13. The first-order valence-electron chi connectivity index (χ1n) is 7.47. The molecule has 1 rings (SSSR count). The zero-order valence-corrected chi connectivity index (χ0v) is 20.9. The molecule has 138 valence electrons. The third-order valence-electron chi connectivity index (χ3n) is 3.23. The number of amides is 1. The highest BCUT2D eigenvalue weighted by atomic mass is 127. The smallest absolute Gasteiger partial charge is 0.305 e. The number of carboxylic acid groups (broad SMARTS) is 1. The fraction of sp³-hybridized carbons (Fsp3) is 0.438. The topological polar surface area (TPSA) is 73.2 Å². The maximum Gasteiger partial charge on any atom is 0.305 e. The van der Waals surface area contributed by atoms with Crippen LogP contribution >= 0.6 is 67.8 Å². The highest BCUT2D eigenvalue weighted by Gasteiger charge is 2.26. The Balaban J connectivity index is 3.36. The highest BCUT2D eigenvalue weighted by molar-refractivity contribution is 14.1. The number of carboxylic acids is 1. The van der Waals surface area contributed by atoms with Gasteiger partial charge in [0.2, 0.25) is 0 Å². The van der Waals surface area contributed by atoms with Crippen molar-refractivity contribution in [3.63, 3.8) is 0 Å². The molecule has 0 aromatic heterocycles.